The predicted octanol–water partition coefficient (Wildman–Crippen LogP) is 6.56. The quantitative estimate of drug-likeness (QED) is 0.147. The first-order valence-electron chi connectivity index (χ1n) is 18.4. The number of hydrogen-bond acceptors (Lipinski definition) is 8. The van der Waals surface area contributed by atoms with Crippen LogP contribution in [0.1, 0.15) is 68.0 Å². The third-order valence-corrected chi connectivity index (χ3v) is 11.2. The molecule has 3 aliphatic heterocycles. The van der Waals surface area contributed by atoms with Crippen LogP contribution in [0.5, 0.6) is 0 Å². The third kappa shape index (κ3) is 5.74. The molecular formula is C40H41F2N7O5. The Morgan fingerprint density at radius 2 is 1.67 bits per heavy atom. The predicted molar refractivity (Wildman–Crippen MR) is 195 cm³/mol. The maximum Gasteiger partial charge on any atom is 0.407 e. The van der Waals surface area contributed by atoms with Crippen molar-refractivity contribution in [3.8, 4) is 33.5 Å². The van der Waals surface area contributed by atoms with Crippen molar-refractivity contribution >= 4 is 23.0 Å². The zero-order valence-electron chi connectivity index (χ0n) is 30.2. The molecule has 1 aliphatic carbocycles. The number of aromatic nitrogens is 4. The lowest BCUT2D eigenvalue weighted by atomic mass is 9.98. The monoisotopic (exact) mass is 737 g/mol. The van der Waals surface area contributed by atoms with Crippen LogP contribution in [0.3, 0.4) is 0 Å². The minimum atomic E-state index is -3.24. The smallest absolute Gasteiger partial charge is 0.407 e. The van der Waals surface area contributed by atoms with Crippen molar-refractivity contribution in [2.75, 3.05) is 33.4 Å². The summed E-state index contributed by atoms with van der Waals surface area (Å²) in [4.78, 5) is 43.8. The van der Waals surface area contributed by atoms with E-state index in [0.29, 0.717) is 53.4 Å². The number of nitrogens with one attached hydrogen (secondary N) is 4. The third-order valence-electron chi connectivity index (χ3n) is 11.2. The summed E-state index contributed by atoms with van der Waals surface area (Å²) in [5.74, 6) is -3.48. The van der Waals surface area contributed by atoms with E-state index >= 15 is 8.78 Å². The van der Waals surface area contributed by atoms with E-state index in [-0.39, 0.29) is 35.5 Å². The first-order valence-corrected chi connectivity index (χ1v) is 18.4. The van der Waals surface area contributed by atoms with Gasteiger partial charge in [-0.3, -0.25) is 4.79 Å². The van der Waals surface area contributed by atoms with Crippen LogP contribution in [-0.2, 0) is 24.9 Å². The standard InChI is InChI=1S/C40H41F2N7O5/c1-21(2)34(48-38(51)52-3)37(50)49-20-39(53-13-14-54-39)18-33(49)36-44-19-32(47-36)24-7-10-26-25-9-6-22(15-27(25)40(41,42)28(26)16-24)23-8-11-29-31(17-23)46-35(45-29)30-5-4-12-43-30/h6-11,15-17,19,21,30,33-34,43H,4-5,12-14,18,20H2,1-3H3,(H,44,47)(H,45,46)(H,48,51)/t30-,33+,34-/m0/s1. The number of alkyl halides is 2. The van der Waals surface area contributed by atoms with E-state index in [2.05, 4.69) is 25.6 Å². The SMILES string of the molecule is COC(=O)N[C@H](C(=O)N1CC2(C[C@@H]1c1ncc(-c3ccc4c(c3)C(F)(F)c3cc(-c5ccc6nc([C@@H]7CCCN7)[nH]c6c5)ccc3-4)[nH]1)OCCO2)C(C)C. The van der Waals surface area contributed by atoms with Crippen LogP contribution in [0, 0.1) is 5.92 Å². The van der Waals surface area contributed by atoms with Crippen LogP contribution in [0.25, 0.3) is 44.5 Å². The first-order chi connectivity index (χ1) is 26.0. The lowest BCUT2D eigenvalue weighted by Crippen LogP contribution is -2.52. The Balaban J connectivity index is 0.994. The molecule has 4 aliphatic rings. The maximum atomic E-state index is 16.4. The lowest BCUT2D eigenvalue weighted by molar-refractivity contribution is -0.153. The molecule has 0 unspecified atom stereocenters. The second-order valence-corrected chi connectivity index (χ2v) is 14.9. The van der Waals surface area contributed by atoms with Crippen LogP contribution >= 0.6 is 0 Å². The molecule has 2 aromatic heterocycles. The van der Waals surface area contributed by atoms with Gasteiger partial charge in [-0.25, -0.2) is 14.8 Å². The number of methoxy groups -OCH3 is 1. The summed E-state index contributed by atoms with van der Waals surface area (Å²) in [7, 11) is 1.24. The number of carbonyl (C=O) groups is 2. The molecule has 0 saturated carbocycles. The largest absolute Gasteiger partial charge is 0.453 e. The van der Waals surface area contributed by atoms with Crippen LogP contribution in [-0.4, -0.2) is 82.1 Å². The number of H-pyrrole nitrogens is 2. The second-order valence-electron chi connectivity index (χ2n) is 14.9. The number of ether oxygens (including phenoxy) is 3. The molecule has 54 heavy (non-hydrogen) atoms. The summed E-state index contributed by atoms with van der Waals surface area (Å²) in [6, 6.07) is 14.9. The number of halogens is 2. The number of imidazole rings is 2. The average molecular weight is 738 g/mol. The van der Waals surface area contributed by atoms with Crippen molar-refractivity contribution in [2.45, 2.75) is 62.9 Å². The minimum Gasteiger partial charge on any atom is -0.453 e. The molecule has 3 fully saturated rings. The molecule has 5 aromatic rings. The van der Waals surface area contributed by atoms with Gasteiger partial charge < -0.3 is 39.7 Å². The normalized spacial score (nSPS) is 21.6. The molecule has 0 radical (unpaired) electrons. The summed E-state index contributed by atoms with van der Waals surface area (Å²) < 4.78 is 49.6. The number of alkyl carbamates (subject to hydrolysis) is 1. The van der Waals surface area contributed by atoms with Crippen LogP contribution in [0.2, 0.25) is 0 Å². The Kier molecular flexibility index (Phi) is 8.32. The number of likely N-dealkylation sites (tertiary alicyclic amines) is 1. The van der Waals surface area contributed by atoms with Gasteiger partial charge in [-0.1, -0.05) is 44.2 Å². The molecule has 280 valence electrons. The van der Waals surface area contributed by atoms with Crippen molar-refractivity contribution in [1.29, 1.82) is 0 Å². The second kappa shape index (κ2) is 13.0. The van der Waals surface area contributed by atoms with Crippen LogP contribution in [0.4, 0.5) is 13.6 Å². The highest BCUT2D eigenvalue weighted by molar-refractivity contribution is 5.88. The first kappa shape index (κ1) is 34.6. The average Bonchev–Trinajstić information content (AvgIpc) is 4.03. The van der Waals surface area contributed by atoms with E-state index in [1.54, 1.807) is 35.4 Å². The molecule has 14 heteroatoms. The maximum absolute atomic E-state index is 16.4. The molecule has 9 rings (SSSR count). The summed E-state index contributed by atoms with van der Waals surface area (Å²) >= 11 is 0. The molecule has 3 atom stereocenters. The molecule has 5 heterocycles. The zero-order chi connectivity index (χ0) is 37.4. The summed E-state index contributed by atoms with van der Waals surface area (Å²) in [5.41, 5.74) is 5.14. The van der Waals surface area contributed by atoms with Crippen molar-refractivity contribution in [3.63, 3.8) is 0 Å². The van der Waals surface area contributed by atoms with Crippen molar-refractivity contribution in [3.05, 3.63) is 83.6 Å². The van der Waals surface area contributed by atoms with E-state index in [9.17, 15) is 9.59 Å². The van der Waals surface area contributed by atoms with Crippen LogP contribution in [0.15, 0.2) is 60.8 Å². The highest BCUT2D eigenvalue weighted by Crippen LogP contribution is 2.53. The van der Waals surface area contributed by atoms with Gasteiger partial charge in [0.1, 0.15) is 17.7 Å². The van der Waals surface area contributed by atoms with Gasteiger partial charge in [0.05, 0.1) is 61.9 Å². The number of amides is 2. The molecule has 12 nitrogen and oxygen atoms in total. The topological polar surface area (TPSA) is 146 Å². The number of nitrogens with zero attached hydrogens (tertiary/aromatic N) is 3. The molecule has 1 spiro atoms. The highest BCUT2D eigenvalue weighted by atomic mass is 19.3. The molecule has 3 aromatic carbocycles. The van der Waals surface area contributed by atoms with Gasteiger partial charge in [0, 0.05) is 23.1 Å². The highest BCUT2D eigenvalue weighted by Gasteiger charge is 2.53. The summed E-state index contributed by atoms with van der Waals surface area (Å²) in [6.07, 6.45) is 3.31. The molecule has 2 amide bonds. The Labute approximate surface area is 310 Å². The Hall–Kier alpha value is -5.18. The molecule has 3 saturated heterocycles. The fraction of sp³-hybridized carbons (Fsp3) is 0.400. The van der Waals surface area contributed by atoms with E-state index < -0.39 is 29.9 Å². The minimum absolute atomic E-state index is 0.0414. The molecular weight excluding hydrogens is 696 g/mol. The van der Waals surface area contributed by atoms with E-state index in [0.717, 1.165) is 41.8 Å². The number of benzene rings is 3. The number of fused-ring (bicyclic) bond motifs is 4. The Morgan fingerprint density at radius 1 is 0.963 bits per heavy atom. The Morgan fingerprint density at radius 3 is 2.37 bits per heavy atom. The van der Waals surface area contributed by atoms with E-state index in [4.69, 9.17) is 19.2 Å². The van der Waals surface area contributed by atoms with E-state index in [1.165, 1.54) is 13.2 Å². The van der Waals surface area contributed by atoms with Crippen molar-refractivity contribution in [2.24, 2.45) is 5.92 Å². The van der Waals surface area contributed by atoms with Gasteiger partial charge in [-0.2, -0.15) is 8.78 Å². The van der Waals surface area contributed by atoms with Crippen LogP contribution < -0.4 is 10.6 Å². The van der Waals surface area contributed by atoms with Gasteiger partial charge in [0.15, 0.2) is 5.79 Å². The van der Waals surface area contributed by atoms with Gasteiger partial charge >= 0.3 is 6.09 Å². The summed E-state index contributed by atoms with van der Waals surface area (Å²) in [6.45, 7) is 5.54. The lowest BCUT2D eigenvalue weighted by Gasteiger charge is -2.30. The zero-order valence-corrected chi connectivity index (χ0v) is 30.2. The van der Waals surface area contributed by atoms with Gasteiger partial charge in [-0.05, 0) is 71.8 Å². The van der Waals surface area contributed by atoms with Crippen molar-refractivity contribution in [1.82, 2.24) is 35.5 Å². The summed E-state index contributed by atoms with van der Waals surface area (Å²) in [5, 5.41) is 6.11. The van der Waals surface area contributed by atoms with Gasteiger partial charge in [0.2, 0.25) is 5.91 Å². The van der Waals surface area contributed by atoms with Gasteiger partial charge in [-0.15, -0.1) is 0 Å². The van der Waals surface area contributed by atoms with Gasteiger partial charge in [0.25, 0.3) is 5.92 Å². The number of carbonyl (C=O) groups excluding carboxylic acids is 2. The number of rotatable bonds is 7. The number of aromatic amines is 2. The number of hydrogen-bond donors (Lipinski definition) is 4. The van der Waals surface area contributed by atoms with Crippen molar-refractivity contribution < 1.29 is 32.6 Å². The molecule has 0 bridgehead atoms. The fourth-order valence-corrected chi connectivity index (χ4v) is 8.41. The fourth-order valence-electron chi connectivity index (χ4n) is 8.41. The molecule has 4 N–H and O–H groups in total. The van der Waals surface area contributed by atoms with E-state index in [1.807, 2.05) is 38.1 Å². The Bertz CT molecular complexity index is 2270.